The van der Waals surface area contributed by atoms with Crippen molar-refractivity contribution < 1.29 is 23.8 Å². The van der Waals surface area contributed by atoms with Crippen LogP contribution in [0.25, 0.3) is 0 Å². The van der Waals surface area contributed by atoms with E-state index in [-0.39, 0.29) is 23.6 Å². The van der Waals surface area contributed by atoms with Crippen molar-refractivity contribution >= 4 is 11.8 Å². The van der Waals surface area contributed by atoms with Crippen LogP contribution < -0.4 is 0 Å². The zero-order chi connectivity index (χ0) is 14.4. The summed E-state index contributed by atoms with van der Waals surface area (Å²) in [6.07, 6.45) is 4.17. The minimum absolute atomic E-state index is 0.136. The largest absolute Gasteiger partial charge is 0.469 e. The van der Waals surface area contributed by atoms with Crippen LogP contribution in [0.2, 0.25) is 0 Å². The summed E-state index contributed by atoms with van der Waals surface area (Å²) in [7, 11) is 1.41. The molecule has 1 aliphatic heterocycles. The Kier molecular flexibility index (Phi) is 3.37. The van der Waals surface area contributed by atoms with Crippen LogP contribution in [0.4, 0.5) is 0 Å². The van der Waals surface area contributed by atoms with E-state index in [1.165, 1.54) is 7.11 Å². The number of carbonyl (C=O) groups excluding carboxylic acids is 2. The number of ketones is 1. The van der Waals surface area contributed by atoms with Gasteiger partial charge in [-0.2, -0.15) is 0 Å². The number of carbonyl (C=O) groups is 2. The van der Waals surface area contributed by atoms with E-state index in [0.29, 0.717) is 19.6 Å². The third-order valence-corrected chi connectivity index (χ3v) is 5.49. The highest BCUT2D eigenvalue weighted by Crippen LogP contribution is 2.67. The molecule has 0 amide bonds. The molecule has 0 bridgehead atoms. The monoisotopic (exact) mass is 282 g/mol. The first-order chi connectivity index (χ1) is 9.57. The highest BCUT2D eigenvalue weighted by molar-refractivity contribution is 5.83. The lowest BCUT2D eigenvalue weighted by atomic mass is 9.45. The first kappa shape index (κ1) is 14.0. The van der Waals surface area contributed by atoms with Gasteiger partial charge in [0, 0.05) is 17.8 Å². The minimum Gasteiger partial charge on any atom is -0.469 e. The maximum absolute atomic E-state index is 12.1. The maximum atomic E-state index is 12.1. The lowest BCUT2D eigenvalue weighted by Crippen LogP contribution is -2.71. The Morgan fingerprint density at radius 2 is 1.85 bits per heavy atom. The van der Waals surface area contributed by atoms with Gasteiger partial charge in [-0.1, -0.05) is 12.8 Å². The molecule has 0 N–H and O–H groups in total. The molecule has 20 heavy (non-hydrogen) atoms. The Morgan fingerprint density at radius 1 is 1.15 bits per heavy atom. The summed E-state index contributed by atoms with van der Waals surface area (Å²) in [5.74, 6) is -1.27. The molecule has 1 heterocycles. The Bertz CT molecular complexity index is 426. The van der Waals surface area contributed by atoms with Gasteiger partial charge in [-0.25, -0.2) is 0 Å². The molecule has 3 rings (SSSR count). The summed E-state index contributed by atoms with van der Waals surface area (Å²) in [4.78, 5) is 24.3. The van der Waals surface area contributed by atoms with Gasteiger partial charge in [-0.15, -0.1) is 0 Å². The molecule has 5 nitrogen and oxygen atoms in total. The average molecular weight is 282 g/mol. The number of ether oxygens (including phenoxy) is 3. The van der Waals surface area contributed by atoms with Crippen molar-refractivity contribution in [1.82, 2.24) is 0 Å². The van der Waals surface area contributed by atoms with Crippen LogP contribution in [0.5, 0.6) is 0 Å². The van der Waals surface area contributed by atoms with Crippen molar-refractivity contribution in [2.24, 2.45) is 17.3 Å². The molecule has 0 aromatic rings. The first-order valence-electron chi connectivity index (χ1n) is 7.43. The highest BCUT2D eigenvalue weighted by atomic mass is 16.7. The van der Waals surface area contributed by atoms with E-state index in [9.17, 15) is 9.59 Å². The lowest BCUT2D eigenvalue weighted by molar-refractivity contribution is -0.344. The third kappa shape index (κ3) is 1.62. The molecule has 1 saturated heterocycles. The van der Waals surface area contributed by atoms with E-state index < -0.39 is 11.2 Å². The Balaban J connectivity index is 2.01. The van der Waals surface area contributed by atoms with Gasteiger partial charge in [-0.05, 0) is 19.8 Å². The number of rotatable bonds is 2. The second-order valence-electron chi connectivity index (χ2n) is 6.18. The molecule has 3 fully saturated rings. The summed E-state index contributed by atoms with van der Waals surface area (Å²) in [6.45, 7) is 2.70. The predicted octanol–water partition coefficient (Wildman–Crippen LogP) is 1.69. The molecule has 5 heteroatoms. The van der Waals surface area contributed by atoms with Gasteiger partial charge < -0.3 is 14.2 Å². The van der Waals surface area contributed by atoms with Gasteiger partial charge in [-0.3, -0.25) is 9.59 Å². The van der Waals surface area contributed by atoms with Crippen LogP contribution in [-0.4, -0.2) is 37.9 Å². The summed E-state index contributed by atoms with van der Waals surface area (Å²) in [5, 5.41) is 0. The minimum atomic E-state index is -0.734. The lowest BCUT2D eigenvalue weighted by Gasteiger charge is -2.63. The number of esters is 1. The van der Waals surface area contributed by atoms with Crippen molar-refractivity contribution in [2.45, 2.75) is 44.8 Å². The van der Waals surface area contributed by atoms with Crippen LogP contribution >= 0.6 is 0 Å². The Morgan fingerprint density at radius 3 is 2.45 bits per heavy atom. The van der Waals surface area contributed by atoms with E-state index in [4.69, 9.17) is 14.2 Å². The van der Waals surface area contributed by atoms with E-state index in [2.05, 4.69) is 0 Å². The van der Waals surface area contributed by atoms with Crippen molar-refractivity contribution in [1.29, 1.82) is 0 Å². The second-order valence-corrected chi connectivity index (χ2v) is 6.18. The third-order valence-electron chi connectivity index (χ3n) is 5.49. The molecule has 0 radical (unpaired) electrons. The second kappa shape index (κ2) is 4.81. The van der Waals surface area contributed by atoms with Gasteiger partial charge in [0.05, 0.1) is 26.2 Å². The average Bonchev–Trinajstić information content (AvgIpc) is 2.95. The molecule has 0 aromatic heterocycles. The molecule has 3 aliphatic rings. The first-order valence-corrected chi connectivity index (χ1v) is 7.43. The van der Waals surface area contributed by atoms with E-state index >= 15 is 0 Å². The van der Waals surface area contributed by atoms with E-state index in [1.54, 1.807) is 6.92 Å². The summed E-state index contributed by atoms with van der Waals surface area (Å²) in [5.41, 5.74) is -0.513. The number of methoxy groups -OCH3 is 1. The van der Waals surface area contributed by atoms with Gasteiger partial charge >= 0.3 is 5.97 Å². The fourth-order valence-corrected chi connectivity index (χ4v) is 4.69. The molecular formula is C15H22O5. The highest BCUT2D eigenvalue weighted by Gasteiger charge is 2.75. The Hall–Kier alpha value is -0.940. The van der Waals surface area contributed by atoms with E-state index in [1.807, 2.05) is 0 Å². The number of hydrogen-bond donors (Lipinski definition) is 0. The van der Waals surface area contributed by atoms with Crippen molar-refractivity contribution in [3.8, 4) is 0 Å². The van der Waals surface area contributed by atoms with Crippen LogP contribution in [0.3, 0.4) is 0 Å². The quantitative estimate of drug-likeness (QED) is 0.721. The Labute approximate surface area is 118 Å². The van der Waals surface area contributed by atoms with Gasteiger partial charge in [0.2, 0.25) is 0 Å². The SMILES string of the molecule is COC(=O)[C@H]1CC2(OCCO2)[C@]12CCCC[C@@H]2C(C)=O. The topological polar surface area (TPSA) is 61.8 Å². The predicted molar refractivity (Wildman–Crippen MR) is 69.8 cm³/mol. The molecule has 3 atom stereocenters. The molecular weight excluding hydrogens is 260 g/mol. The zero-order valence-electron chi connectivity index (χ0n) is 12.1. The van der Waals surface area contributed by atoms with Crippen LogP contribution in [0.1, 0.15) is 39.0 Å². The smallest absolute Gasteiger partial charge is 0.309 e. The number of hydrogen-bond acceptors (Lipinski definition) is 5. The molecule has 112 valence electrons. The van der Waals surface area contributed by atoms with Crippen LogP contribution in [0, 0.1) is 17.3 Å². The normalized spacial score (nSPS) is 38.7. The van der Waals surface area contributed by atoms with Crippen LogP contribution in [-0.2, 0) is 23.8 Å². The fourth-order valence-electron chi connectivity index (χ4n) is 4.69. The van der Waals surface area contributed by atoms with Crippen molar-refractivity contribution in [3.63, 3.8) is 0 Å². The number of Topliss-reactive ketones (excluding diaryl/α,β-unsaturated/α-hetero) is 1. The van der Waals surface area contributed by atoms with Crippen molar-refractivity contribution in [3.05, 3.63) is 0 Å². The van der Waals surface area contributed by atoms with Crippen molar-refractivity contribution in [2.75, 3.05) is 20.3 Å². The summed E-state index contributed by atoms with van der Waals surface area (Å²) < 4.78 is 16.7. The maximum Gasteiger partial charge on any atom is 0.309 e. The molecule has 0 aromatic carbocycles. The van der Waals surface area contributed by atoms with Gasteiger partial charge in [0.25, 0.3) is 0 Å². The molecule has 0 unspecified atom stereocenters. The number of fused-ring (bicyclic) bond motifs is 1. The summed E-state index contributed by atoms with van der Waals surface area (Å²) in [6, 6.07) is 0. The molecule has 2 saturated carbocycles. The summed E-state index contributed by atoms with van der Waals surface area (Å²) >= 11 is 0. The van der Waals surface area contributed by atoms with Crippen LogP contribution in [0.15, 0.2) is 0 Å². The zero-order valence-corrected chi connectivity index (χ0v) is 12.1. The van der Waals surface area contributed by atoms with Gasteiger partial charge in [0.15, 0.2) is 5.79 Å². The standard InChI is InChI=1S/C15H22O5/c1-10(16)11-5-3-4-6-14(11)12(13(17)18-2)9-15(14)19-7-8-20-15/h11-12H,3-9H2,1-2H3/t11-,12-,14+/m1/s1. The molecule has 2 spiro atoms. The van der Waals surface area contributed by atoms with Gasteiger partial charge in [0.1, 0.15) is 5.78 Å². The fraction of sp³-hybridized carbons (Fsp3) is 0.867. The molecule has 2 aliphatic carbocycles. The van der Waals surface area contributed by atoms with E-state index in [0.717, 1.165) is 25.7 Å².